The first-order chi connectivity index (χ1) is 17.7. The number of benzene rings is 2. The lowest BCUT2D eigenvalue weighted by atomic mass is 10.2. The molecule has 0 aliphatic carbocycles. The molecule has 2 aliphatic heterocycles. The van der Waals surface area contributed by atoms with Crippen LogP contribution in [0.15, 0.2) is 59.8 Å². The molecule has 1 aromatic heterocycles. The molecule has 0 saturated carbocycles. The van der Waals surface area contributed by atoms with Crippen LogP contribution in [-0.4, -0.2) is 85.7 Å². The summed E-state index contributed by atoms with van der Waals surface area (Å²) in [5.74, 6) is -0.296. The van der Waals surface area contributed by atoms with Gasteiger partial charge in [-0.3, -0.25) is 9.48 Å². The van der Waals surface area contributed by atoms with Gasteiger partial charge in [0, 0.05) is 82.0 Å². The Morgan fingerprint density at radius 2 is 1.32 bits per heavy atom. The van der Waals surface area contributed by atoms with Gasteiger partial charge < -0.3 is 14.7 Å². The van der Waals surface area contributed by atoms with Gasteiger partial charge in [-0.2, -0.15) is 9.40 Å². The summed E-state index contributed by atoms with van der Waals surface area (Å²) in [4.78, 5) is 19.6. The third-order valence-electron chi connectivity index (χ3n) is 7.01. The lowest BCUT2D eigenvalue weighted by Crippen LogP contribution is -2.50. The summed E-state index contributed by atoms with van der Waals surface area (Å²) in [6.07, 6.45) is 1.52. The lowest BCUT2D eigenvalue weighted by molar-refractivity contribution is 0.0742. The van der Waals surface area contributed by atoms with E-state index in [0.29, 0.717) is 57.4 Å². The van der Waals surface area contributed by atoms with E-state index in [4.69, 9.17) is 11.6 Å². The van der Waals surface area contributed by atoms with Crippen molar-refractivity contribution < 1.29 is 13.2 Å². The fourth-order valence-corrected chi connectivity index (χ4v) is 6.52. The molecule has 0 atom stereocenters. The third kappa shape index (κ3) is 5.32. The number of piperazine rings is 2. The molecule has 196 valence electrons. The molecular weight excluding hydrogens is 512 g/mol. The van der Waals surface area contributed by atoms with Crippen LogP contribution in [0.4, 0.5) is 11.4 Å². The molecule has 5 rings (SSSR count). The van der Waals surface area contributed by atoms with Crippen LogP contribution in [0, 0.1) is 6.92 Å². The van der Waals surface area contributed by atoms with Gasteiger partial charge in [-0.05, 0) is 43.3 Å². The molecule has 3 heterocycles. The van der Waals surface area contributed by atoms with Crippen LogP contribution >= 0.6 is 11.6 Å². The van der Waals surface area contributed by atoms with E-state index < -0.39 is 10.0 Å². The minimum absolute atomic E-state index is 0.131. The largest absolute Gasteiger partial charge is 0.369 e. The van der Waals surface area contributed by atoms with E-state index in [1.165, 1.54) is 20.7 Å². The summed E-state index contributed by atoms with van der Waals surface area (Å²) < 4.78 is 30.0. The molecule has 2 aromatic carbocycles. The number of halogens is 1. The zero-order valence-corrected chi connectivity index (χ0v) is 22.6. The average molecular weight is 543 g/mol. The highest BCUT2D eigenvalue weighted by Gasteiger charge is 2.36. The van der Waals surface area contributed by atoms with Crippen LogP contribution in [0.2, 0.25) is 5.02 Å². The molecule has 0 unspecified atom stereocenters. The minimum Gasteiger partial charge on any atom is -0.369 e. The Balaban J connectivity index is 1.27. The molecule has 3 aromatic rings. The standard InChI is InChI=1S/C26H31ClN6O3S/c1-20-3-7-22(8-4-20)30-11-13-32(14-12-30)26(34)24-19-29(2)28-25(24)37(35,36)33-17-15-31(16-18-33)23-9-5-21(27)6-10-23/h3-10,19H,11-18H2,1-2H3. The van der Waals surface area contributed by atoms with E-state index in [1.807, 2.05) is 24.3 Å². The summed E-state index contributed by atoms with van der Waals surface area (Å²) >= 11 is 5.99. The fraction of sp³-hybridized carbons (Fsp3) is 0.385. The number of anilines is 2. The van der Waals surface area contributed by atoms with Crippen molar-refractivity contribution >= 4 is 38.9 Å². The van der Waals surface area contributed by atoms with E-state index in [0.717, 1.165) is 11.4 Å². The van der Waals surface area contributed by atoms with Crippen LogP contribution in [0.5, 0.6) is 0 Å². The van der Waals surface area contributed by atoms with E-state index in [-0.39, 0.29) is 16.5 Å². The summed E-state index contributed by atoms with van der Waals surface area (Å²) in [7, 11) is -2.29. The molecule has 1 amide bonds. The number of hydrogen-bond acceptors (Lipinski definition) is 6. The molecule has 0 N–H and O–H groups in total. The van der Waals surface area contributed by atoms with Crippen molar-refractivity contribution in [2.24, 2.45) is 7.05 Å². The monoisotopic (exact) mass is 542 g/mol. The summed E-state index contributed by atoms with van der Waals surface area (Å²) in [6, 6.07) is 15.8. The second-order valence-corrected chi connectivity index (χ2v) is 11.8. The summed E-state index contributed by atoms with van der Waals surface area (Å²) in [6.45, 7) is 6.15. The predicted octanol–water partition coefficient (Wildman–Crippen LogP) is 2.86. The molecule has 0 bridgehead atoms. The van der Waals surface area contributed by atoms with Crippen molar-refractivity contribution in [3.05, 3.63) is 70.9 Å². The van der Waals surface area contributed by atoms with E-state index >= 15 is 0 Å². The number of sulfonamides is 1. The maximum Gasteiger partial charge on any atom is 0.263 e. The van der Waals surface area contributed by atoms with E-state index in [2.05, 4.69) is 46.1 Å². The van der Waals surface area contributed by atoms with E-state index in [9.17, 15) is 13.2 Å². The highest BCUT2D eigenvalue weighted by Crippen LogP contribution is 2.25. The van der Waals surface area contributed by atoms with Crippen LogP contribution in [-0.2, 0) is 17.1 Å². The highest BCUT2D eigenvalue weighted by atomic mass is 35.5. The van der Waals surface area contributed by atoms with Crippen molar-refractivity contribution in [3.8, 4) is 0 Å². The first kappa shape index (κ1) is 25.6. The average Bonchev–Trinajstić information content (AvgIpc) is 3.32. The maximum absolute atomic E-state index is 13.6. The van der Waals surface area contributed by atoms with Gasteiger partial charge in [-0.1, -0.05) is 29.3 Å². The molecule has 0 spiro atoms. The molecular formula is C26H31ClN6O3S. The third-order valence-corrected chi connectivity index (χ3v) is 9.09. The lowest BCUT2D eigenvalue weighted by Gasteiger charge is -2.36. The topological polar surface area (TPSA) is 82.0 Å². The Hall–Kier alpha value is -3.08. The van der Waals surface area contributed by atoms with Crippen molar-refractivity contribution in [1.29, 1.82) is 0 Å². The number of aromatic nitrogens is 2. The Bertz CT molecular complexity index is 1360. The minimum atomic E-state index is -3.93. The Morgan fingerprint density at radius 1 is 0.811 bits per heavy atom. The molecule has 37 heavy (non-hydrogen) atoms. The quantitative estimate of drug-likeness (QED) is 0.493. The van der Waals surface area contributed by atoms with Gasteiger partial charge >= 0.3 is 0 Å². The van der Waals surface area contributed by atoms with Gasteiger partial charge in [-0.25, -0.2) is 8.42 Å². The SMILES string of the molecule is Cc1ccc(N2CCN(C(=O)c3cn(C)nc3S(=O)(=O)N3CCN(c4ccc(Cl)cc4)CC3)CC2)cc1. The Morgan fingerprint density at radius 3 is 1.89 bits per heavy atom. The number of hydrogen-bond donors (Lipinski definition) is 0. The van der Waals surface area contributed by atoms with Gasteiger partial charge in [0.2, 0.25) is 5.03 Å². The number of rotatable bonds is 5. The van der Waals surface area contributed by atoms with Gasteiger partial charge in [0.15, 0.2) is 0 Å². The summed E-state index contributed by atoms with van der Waals surface area (Å²) in [5, 5.41) is 4.73. The predicted molar refractivity (Wildman–Crippen MR) is 145 cm³/mol. The number of amides is 1. The zero-order chi connectivity index (χ0) is 26.2. The molecule has 2 saturated heterocycles. The van der Waals surface area contributed by atoms with Gasteiger partial charge in [0.25, 0.3) is 15.9 Å². The Kier molecular flexibility index (Phi) is 7.15. The van der Waals surface area contributed by atoms with Crippen LogP contribution < -0.4 is 9.80 Å². The van der Waals surface area contributed by atoms with Gasteiger partial charge in [-0.15, -0.1) is 0 Å². The van der Waals surface area contributed by atoms with Crippen molar-refractivity contribution in [3.63, 3.8) is 0 Å². The first-order valence-corrected chi connectivity index (χ1v) is 14.2. The highest BCUT2D eigenvalue weighted by molar-refractivity contribution is 7.89. The second-order valence-electron chi connectivity index (χ2n) is 9.50. The van der Waals surface area contributed by atoms with Crippen molar-refractivity contribution in [1.82, 2.24) is 19.0 Å². The van der Waals surface area contributed by atoms with Gasteiger partial charge in [0.1, 0.15) is 0 Å². The Labute approximate surface area is 222 Å². The van der Waals surface area contributed by atoms with E-state index in [1.54, 1.807) is 11.9 Å². The number of carbonyl (C=O) groups is 1. The fourth-order valence-electron chi connectivity index (χ4n) is 4.86. The van der Waals surface area contributed by atoms with Crippen molar-refractivity contribution in [2.75, 3.05) is 62.2 Å². The molecule has 0 radical (unpaired) electrons. The van der Waals surface area contributed by atoms with Gasteiger partial charge in [0.05, 0.1) is 5.56 Å². The van der Waals surface area contributed by atoms with Crippen LogP contribution in [0.1, 0.15) is 15.9 Å². The first-order valence-electron chi connectivity index (χ1n) is 12.4. The van der Waals surface area contributed by atoms with Crippen LogP contribution in [0.3, 0.4) is 0 Å². The molecule has 9 nitrogen and oxygen atoms in total. The number of aryl methyl sites for hydroxylation is 2. The normalized spacial score (nSPS) is 17.3. The second kappa shape index (κ2) is 10.4. The van der Waals surface area contributed by atoms with Crippen LogP contribution in [0.25, 0.3) is 0 Å². The molecule has 2 fully saturated rings. The number of nitrogens with zero attached hydrogens (tertiary/aromatic N) is 6. The number of carbonyl (C=O) groups excluding carboxylic acids is 1. The smallest absolute Gasteiger partial charge is 0.263 e. The maximum atomic E-state index is 13.6. The summed E-state index contributed by atoms with van der Waals surface area (Å²) in [5.41, 5.74) is 3.46. The van der Waals surface area contributed by atoms with Crippen molar-refractivity contribution in [2.45, 2.75) is 11.9 Å². The molecule has 11 heteroatoms. The zero-order valence-electron chi connectivity index (χ0n) is 21.0. The molecule has 2 aliphatic rings.